The van der Waals surface area contributed by atoms with Crippen LogP contribution in [0.15, 0.2) is 42.5 Å². The number of ketones is 1. The molecule has 4 aromatic rings. The van der Waals surface area contributed by atoms with Crippen molar-refractivity contribution in [2.45, 2.75) is 39.5 Å². The maximum atomic E-state index is 15.2. The number of nitrogens with zero attached hydrogens (tertiary/aromatic N) is 3. The first-order valence-corrected chi connectivity index (χ1v) is 10.7. The Labute approximate surface area is 184 Å². The summed E-state index contributed by atoms with van der Waals surface area (Å²) < 4.78 is 16.9. The lowest BCUT2D eigenvalue weighted by atomic mass is 9.88. The van der Waals surface area contributed by atoms with Crippen molar-refractivity contribution in [2.24, 2.45) is 0 Å². The number of hydrogen-bond acceptors (Lipinski definition) is 3. The van der Waals surface area contributed by atoms with Gasteiger partial charge in [0.05, 0.1) is 16.8 Å². The Bertz CT molecular complexity index is 1370. The summed E-state index contributed by atoms with van der Waals surface area (Å²) in [5, 5.41) is 9.12. The van der Waals surface area contributed by atoms with E-state index in [2.05, 4.69) is 10.3 Å². The van der Waals surface area contributed by atoms with Crippen LogP contribution in [0.4, 0.5) is 4.39 Å². The average Bonchev–Trinajstić information content (AvgIpc) is 3.48. The van der Waals surface area contributed by atoms with E-state index >= 15 is 4.39 Å². The highest BCUT2D eigenvalue weighted by Gasteiger charge is 2.31. The highest BCUT2D eigenvalue weighted by atomic mass is 35.5. The SMILES string of the molecule is CC(=O)c1c(C)c(-c2cc(-n3nnc4ccccc43)cc(Cl)c2C)cc(C2CC2)c1F. The molecule has 1 aliphatic carbocycles. The van der Waals surface area contributed by atoms with Gasteiger partial charge in [0.2, 0.25) is 0 Å². The van der Waals surface area contributed by atoms with Crippen LogP contribution in [0.5, 0.6) is 0 Å². The van der Waals surface area contributed by atoms with E-state index in [0.29, 0.717) is 16.1 Å². The molecule has 3 aromatic carbocycles. The van der Waals surface area contributed by atoms with Gasteiger partial charge in [0.1, 0.15) is 11.3 Å². The maximum absolute atomic E-state index is 15.2. The van der Waals surface area contributed by atoms with Gasteiger partial charge in [-0.15, -0.1) is 5.10 Å². The molecule has 4 nitrogen and oxygen atoms in total. The molecule has 1 aromatic heterocycles. The van der Waals surface area contributed by atoms with Crippen LogP contribution in [0.25, 0.3) is 27.8 Å². The van der Waals surface area contributed by atoms with E-state index in [0.717, 1.165) is 46.3 Å². The number of Topliss-reactive ketones (excluding diaryl/α,β-unsaturated/α-hetero) is 1. The molecular weight excluding hydrogens is 413 g/mol. The van der Waals surface area contributed by atoms with Crippen molar-refractivity contribution in [3.63, 3.8) is 0 Å². The third kappa shape index (κ3) is 3.24. The Kier molecular flexibility index (Phi) is 4.67. The first kappa shape index (κ1) is 19.9. The molecule has 0 amide bonds. The van der Waals surface area contributed by atoms with Gasteiger partial charge in [-0.1, -0.05) is 28.9 Å². The summed E-state index contributed by atoms with van der Waals surface area (Å²) in [5.41, 5.74) is 6.42. The fourth-order valence-corrected chi connectivity index (χ4v) is 4.50. The normalized spacial score (nSPS) is 13.7. The summed E-state index contributed by atoms with van der Waals surface area (Å²) in [5.74, 6) is -0.463. The van der Waals surface area contributed by atoms with Crippen LogP contribution >= 0.6 is 11.6 Å². The third-order valence-electron chi connectivity index (χ3n) is 6.14. The summed E-state index contributed by atoms with van der Waals surface area (Å²) in [6.45, 7) is 5.16. The summed E-state index contributed by atoms with van der Waals surface area (Å²) in [7, 11) is 0. The Hall–Kier alpha value is -3.05. The van der Waals surface area contributed by atoms with Gasteiger partial charge in [-0.3, -0.25) is 4.79 Å². The van der Waals surface area contributed by atoms with Crippen LogP contribution in [-0.2, 0) is 0 Å². The smallest absolute Gasteiger partial charge is 0.163 e. The van der Waals surface area contributed by atoms with E-state index in [1.165, 1.54) is 6.92 Å². The quantitative estimate of drug-likeness (QED) is 0.341. The zero-order chi connectivity index (χ0) is 21.9. The van der Waals surface area contributed by atoms with Gasteiger partial charge in [0.15, 0.2) is 5.78 Å². The van der Waals surface area contributed by atoms with Crippen molar-refractivity contribution in [1.82, 2.24) is 15.0 Å². The van der Waals surface area contributed by atoms with Crippen molar-refractivity contribution < 1.29 is 9.18 Å². The first-order valence-electron chi connectivity index (χ1n) is 10.3. The van der Waals surface area contributed by atoms with Crippen LogP contribution < -0.4 is 0 Å². The number of hydrogen-bond donors (Lipinski definition) is 0. The number of aromatic nitrogens is 3. The minimum atomic E-state index is -0.376. The van der Waals surface area contributed by atoms with Crippen LogP contribution in [0.3, 0.4) is 0 Å². The molecule has 5 rings (SSSR count). The second kappa shape index (κ2) is 7.27. The highest BCUT2D eigenvalue weighted by molar-refractivity contribution is 6.32. The molecule has 31 heavy (non-hydrogen) atoms. The van der Waals surface area contributed by atoms with Gasteiger partial charge in [0.25, 0.3) is 0 Å². The standard InChI is InChI=1S/C25H21ClFN3O/c1-13-18(19-12-20(16-8-9-16)25(27)24(14(19)2)15(3)31)10-17(11-21(13)26)30-23-7-5-4-6-22(23)28-29-30/h4-7,10-12,16H,8-9H2,1-3H3. The number of carbonyl (C=O) groups is 1. The minimum Gasteiger partial charge on any atom is -0.294 e. The third-order valence-corrected chi connectivity index (χ3v) is 6.53. The van der Waals surface area contributed by atoms with E-state index in [-0.39, 0.29) is 23.1 Å². The van der Waals surface area contributed by atoms with E-state index in [4.69, 9.17) is 11.6 Å². The molecule has 1 fully saturated rings. The molecule has 1 heterocycles. The second-order valence-electron chi connectivity index (χ2n) is 8.25. The number of benzene rings is 3. The number of para-hydroxylation sites is 1. The molecule has 0 N–H and O–H groups in total. The van der Waals surface area contributed by atoms with Gasteiger partial charge in [-0.05, 0) is 97.7 Å². The monoisotopic (exact) mass is 433 g/mol. The zero-order valence-electron chi connectivity index (χ0n) is 17.5. The fraction of sp³-hybridized carbons (Fsp3) is 0.240. The Balaban J connectivity index is 1.77. The van der Waals surface area contributed by atoms with Crippen LogP contribution in [0, 0.1) is 19.7 Å². The van der Waals surface area contributed by atoms with Gasteiger partial charge in [-0.2, -0.15) is 0 Å². The number of halogens is 2. The molecule has 1 aliphatic rings. The molecule has 0 unspecified atom stereocenters. The van der Waals surface area contributed by atoms with E-state index in [1.54, 1.807) is 11.6 Å². The number of carbonyl (C=O) groups excluding carboxylic acids is 1. The largest absolute Gasteiger partial charge is 0.294 e. The molecule has 156 valence electrons. The fourth-order valence-electron chi connectivity index (χ4n) is 4.29. The number of fused-ring (bicyclic) bond motifs is 1. The van der Waals surface area contributed by atoms with Crippen molar-refractivity contribution in [2.75, 3.05) is 0 Å². The molecule has 0 spiro atoms. The maximum Gasteiger partial charge on any atom is 0.163 e. The molecular formula is C25H21ClFN3O. The van der Waals surface area contributed by atoms with Gasteiger partial charge < -0.3 is 0 Å². The van der Waals surface area contributed by atoms with Gasteiger partial charge in [-0.25, -0.2) is 9.07 Å². The van der Waals surface area contributed by atoms with E-state index in [9.17, 15) is 4.79 Å². The van der Waals surface area contributed by atoms with Gasteiger partial charge >= 0.3 is 0 Å². The zero-order valence-corrected chi connectivity index (χ0v) is 18.3. The lowest BCUT2D eigenvalue weighted by Gasteiger charge is -2.18. The average molecular weight is 434 g/mol. The molecule has 0 bridgehead atoms. The first-order chi connectivity index (χ1) is 14.9. The topological polar surface area (TPSA) is 47.8 Å². The van der Waals surface area contributed by atoms with Gasteiger partial charge in [0, 0.05) is 5.02 Å². The Morgan fingerprint density at radius 3 is 2.52 bits per heavy atom. The number of rotatable bonds is 4. The minimum absolute atomic E-state index is 0.173. The Morgan fingerprint density at radius 2 is 1.81 bits per heavy atom. The summed E-state index contributed by atoms with van der Waals surface area (Å²) in [6.07, 6.45) is 1.89. The van der Waals surface area contributed by atoms with E-state index in [1.807, 2.05) is 49.4 Å². The Morgan fingerprint density at radius 1 is 1.10 bits per heavy atom. The van der Waals surface area contributed by atoms with Crippen LogP contribution in [0.2, 0.25) is 5.02 Å². The predicted molar refractivity (Wildman–Crippen MR) is 121 cm³/mol. The van der Waals surface area contributed by atoms with Crippen molar-refractivity contribution >= 4 is 28.4 Å². The summed E-state index contributed by atoms with van der Waals surface area (Å²) in [4.78, 5) is 12.3. The molecule has 6 heteroatoms. The molecule has 0 aliphatic heterocycles. The lowest BCUT2D eigenvalue weighted by Crippen LogP contribution is -2.07. The van der Waals surface area contributed by atoms with Crippen LogP contribution in [0.1, 0.15) is 52.7 Å². The van der Waals surface area contributed by atoms with Crippen molar-refractivity contribution in [3.05, 3.63) is 75.6 Å². The second-order valence-corrected chi connectivity index (χ2v) is 8.66. The molecule has 0 saturated heterocycles. The summed E-state index contributed by atoms with van der Waals surface area (Å²) >= 11 is 6.64. The lowest BCUT2D eigenvalue weighted by molar-refractivity contribution is 0.101. The molecule has 1 saturated carbocycles. The molecule has 0 atom stereocenters. The highest BCUT2D eigenvalue weighted by Crippen LogP contribution is 2.45. The van der Waals surface area contributed by atoms with Crippen molar-refractivity contribution in [1.29, 1.82) is 0 Å². The van der Waals surface area contributed by atoms with E-state index < -0.39 is 0 Å². The van der Waals surface area contributed by atoms with Crippen LogP contribution in [-0.4, -0.2) is 20.8 Å². The molecule has 0 radical (unpaired) electrons. The predicted octanol–water partition coefficient (Wildman–Crippen LogP) is 6.58. The summed E-state index contributed by atoms with van der Waals surface area (Å²) in [6, 6.07) is 13.4. The van der Waals surface area contributed by atoms with Crippen molar-refractivity contribution in [3.8, 4) is 16.8 Å².